The molecular formula is C16H16FN5S. The van der Waals surface area contributed by atoms with Crippen LogP contribution in [0, 0.1) is 5.82 Å². The van der Waals surface area contributed by atoms with Gasteiger partial charge in [-0.2, -0.15) is 5.10 Å². The van der Waals surface area contributed by atoms with Gasteiger partial charge in [0.2, 0.25) is 0 Å². The van der Waals surface area contributed by atoms with Gasteiger partial charge in [-0.05, 0) is 49.1 Å². The standard InChI is InChI=1S/C16H16FN5S/c1-21-10-18-19-16(21)23-9-14-13-3-2-4-15(13)22(20-14)12-7-5-11(17)6-8-12/h5-8,10H,2-4,9H2,1H3. The fourth-order valence-electron chi connectivity index (χ4n) is 2.96. The van der Waals surface area contributed by atoms with E-state index in [-0.39, 0.29) is 5.82 Å². The van der Waals surface area contributed by atoms with E-state index in [0.29, 0.717) is 0 Å². The zero-order valence-corrected chi connectivity index (χ0v) is 13.6. The molecule has 0 unspecified atom stereocenters. The molecule has 4 rings (SSSR count). The molecule has 0 bridgehead atoms. The quantitative estimate of drug-likeness (QED) is 0.691. The molecule has 0 aliphatic heterocycles. The van der Waals surface area contributed by atoms with E-state index in [1.807, 2.05) is 16.3 Å². The third kappa shape index (κ3) is 2.65. The first-order valence-electron chi connectivity index (χ1n) is 7.55. The Hall–Kier alpha value is -2.15. The van der Waals surface area contributed by atoms with Crippen molar-refractivity contribution in [2.45, 2.75) is 30.2 Å². The minimum absolute atomic E-state index is 0.226. The molecule has 0 spiro atoms. The Labute approximate surface area is 137 Å². The van der Waals surface area contributed by atoms with Crippen LogP contribution in [0.2, 0.25) is 0 Å². The SMILES string of the molecule is Cn1cnnc1SCc1nn(-c2ccc(F)cc2)c2c1CCC2. The highest BCUT2D eigenvalue weighted by Gasteiger charge is 2.23. The van der Waals surface area contributed by atoms with Gasteiger partial charge in [-0.1, -0.05) is 11.8 Å². The first-order valence-corrected chi connectivity index (χ1v) is 8.53. The van der Waals surface area contributed by atoms with Crippen molar-refractivity contribution in [2.24, 2.45) is 7.05 Å². The van der Waals surface area contributed by atoms with Gasteiger partial charge in [0, 0.05) is 18.5 Å². The Morgan fingerprint density at radius 2 is 2.04 bits per heavy atom. The van der Waals surface area contributed by atoms with Crippen LogP contribution < -0.4 is 0 Å². The summed E-state index contributed by atoms with van der Waals surface area (Å²) in [5.41, 5.74) is 4.60. The summed E-state index contributed by atoms with van der Waals surface area (Å²) in [5, 5.41) is 13.7. The second-order valence-electron chi connectivity index (χ2n) is 5.63. The molecule has 5 nitrogen and oxygen atoms in total. The van der Waals surface area contributed by atoms with Gasteiger partial charge in [0.25, 0.3) is 0 Å². The largest absolute Gasteiger partial charge is 0.312 e. The number of hydrogen-bond donors (Lipinski definition) is 0. The fraction of sp³-hybridized carbons (Fsp3) is 0.312. The lowest BCUT2D eigenvalue weighted by molar-refractivity contribution is 0.626. The average Bonchev–Trinajstić information content (AvgIpc) is 3.24. The number of aromatic nitrogens is 5. The molecule has 2 heterocycles. The molecule has 0 N–H and O–H groups in total. The zero-order valence-electron chi connectivity index (χ0n) is 12.7. The van der Waals surface area contributed by atoms with E-state index in [0.717, 1.165) is 41.6 Å². The maximum absolute atomic E-state index is 13.1. The van der Waals surface area contributed by atoms with Gasteiger partial charge in [-0.15, -0.1) is 10.2 Å². The average molecular weight is 329 g/mol. The number of nitrogens with zero attached hydrogens (tertiary/aromatic N) is 5. The van der Waals surface area contributed by atoms with E-state index in [4.69, 9.17) is 5.10 Å². The number of hydrogen-bond acceptors (Lipinski definition) is 4. The molecule has 0 amide bonds. The van der Waals surface area contributed by atoms with Crippen molar-refractivity contribution in [3.63, 3.8) is 0 Å². The maximum Gasteiger partial charge on any atom is 0.191 e. The zero-order chi connectivity index (χ0) is 15.8. The molecule has 1 aliphatic rings. The molecule has 1 aromatic carbocycles. The smallest absolute Gasteiger partial charge is 0.191 e. The van der Waals surface area contributed by atoms with E-state index >= 15 is 0 Å². The van der Waals surface area contributed by atoms with Crippen LogP contribution in [0.15, 0.2) is 35.7 Å². The van der Waals surface area contributed by atoms with Gasteiger partial charge in [0.1, 0.15) is 12.1 Å². The van der Waals surface area contributed by atoms with E-state index in [2.05, 4.69) is 10.2 Å². The van der Waals surface area contributed by atoms with Gasteiger partial charge in [0.05, 0.1) is 11.4 Å². The van der Waals surface area contributed by atoms with Crippen molar-refractivity contribution in [2.75, 3.05) is 0 Å². The molecule has 3 aromatic rings. The van der Waals surface area contributed by atoms with Crippen molar-refractivity contribution < 1.29 is 4.39 Å². The van der Waals surface area contributed by atoms with Crippen LogP contribution in [0.25, 0.3) is 5.69 Å². The summed E-state index contributed by atoms with van der Waals surface area (Å²) in [6.45, 7) is 0. The predicted molar refractivity (Wildman–Crippen MR) is 86.1 cm³/mol. The summed E-state index contributed by atoms with van der Waals surface area (Å²) in [5.74, 6) is 0.541. The minimum Gasteiger partial charge on any atom is -0.312 e. The second kappa shape index (κ2) is 5.81. The van der Waals surface area contributed by atoms with Crippen molar-refractivity contribution in [3.05, 3.63) is 53.4 Å². The number of thioether (sulfide) groups is 1. The summed E-state index contributed by atoms with van der Waals surface area (Å²) in [6.07, 6.45) is 4.93. The number of benzene rings is 1. The van der Waals surface area contributed by atoms with Crippen LogP contribution in [0.1, 0.15) is 23.4 Å². The molecule has 1 aliphatic carbocycles. The van der Waals surface area contributed by atoms with Gasteiger partial charge in [0.15, 0.2) is 5.16 Å². The van der Waals surface area contributed by atoms with Crippen molar-refractivity contribution in [1.82, 2.24) is 24.5 Å². The van der Waals surface area contributed by atoms with Crippen molar-refractivity contribution in [1.29, 1.82) is 0 Å². The Balaban J connectivity index is 1.65. The maximum atomic E-state index is 13.1. The van der Waals surface area contributed by atoms with Gasteiger partial charge in [-0.25, -0.2) is 9.07 Å². The summed E-state index contributed by atoms with van der Waals surface area (Å²) < 4.78 is 17.0. The van der Waals surface area contributed by atoms with Crippen molar-refractivity contribution >= 4 is 11.8 Å². The topological polar surface area (TPSA) is 48.5 Å². The molecule has 0 saturated carbocycles. The molecule has 0 fully saturated rings. The Bertz CT molecular complexity index is 837. The number of fused-ring (bicyclic) bond motifs is 1. The highest BCUT2D eigenvalue weighted by molar-refractivity contribution is 7.98. The van der Waals surface area contributed by atoms with Crippen LogP contribution in [0.5, 0.6) is 0 Å². The third-order valence-electron chi connectivity index (χ3n) is 4.09. The summed E-state index contributed by atoms with van der Waals surface area (Å²) in [6, 6.07) is 6.51. The van der Waals surface area contributed by atoms with E-state index in [9.17, 15) is 4.39 Å². The van der Waals surface area contributed by atoms with E-state index in [1.165, 1.54) is 23.4 Å². The first kappa shape index (κ1) is 14.4. The lowest BCUT2D eigenvalue weighted by Crippen LogP contribution is -2.01. The normalized spacial score (nSPS) is 13.5. The summed E-state index contributed by atoms with van der Waals surface area (Å²) in [4.78, 5) is 0. The number of halogens is 1. The Kier molecular flexibility index (Phi) is 3.65. The lowest BCUT2D eigenvalue weighted by Gasteiger charge is -2.05. The van der Waals surface area contributed by atoms with E-state index in [1.54, 1.807) is 30.2 Å². The third-order valence-corrected chi connectivity index (χ3v) is 5.14. The molecular weight excluding hydrogens is 313 g/mol. The van der Waals surface area contributed by atoms with E-state index < -0.39 is 0 Å². The molecule has 118 valence electrons. The summed E-state index contributed by atoms with van der Waals surface area (Å²) in [7, 11) is 1.93. The molecule has 2 aromatic heterocycles. The monoisotopic (exact) mass is 329 g/mol. The van der Waals surface area contributed by atoms with Crippen LogP contribution in [0.4, 0.5) is 4.39 Å². The highest BCUT2D eigenvalue weighted by atomic mass is 32.2. The van der Waals surface area contributed by atoms with Crippen LogP contribution >= 0.6 is 11.8 Å². The Morgan fingerprint density at radius 3 is 2.78 bits per heavy atom. The molecule has 0 saturated heterocycles. The molecule has 23 heavy (non-hydrogen) atoms. The van der Waals surface area contributed by atoms with Crippen LogP contribution in [-0.4, -0.2) is 24.5 Å². The fourth-order valence-corrected chi connectivity index (χ4v) is 3.82. The number of aryl methyl sites for hydroxylation is 1. The highest BCUT2D eigenvalue weighted by Crippen LogP contribution is 2.31. The van der Waals surface area contributed by atoms with Crippen LogP contribution in [-0.2, 0) is 25.6 Å². The minimum atomic E-state index is -0.226. The molecule has 0 radical (unpaired) electrons. The summed E-state index contributed by atoms with van der Waals surface area (Å²) >= 11 is 1.64. The predicted octanol–water partition coefficient (Wildman–Crippen LogP) is 2.92. The number of rotatable bonds is 4. The van der Waals surface area contributed by atoms with Crippen molar-refractivity contribution in [3.8, 4) is 5.69 Å². The first-order chi connectivity index (χ1) is 11.2. The molecule has 7 heteroatoms. The Morgan fingerprint density at radius 1 is 1.22 bits per heavy atom. The van der Waals surface area contributed by atoms with Gasteiger partial charge >= 0.3 is 0 Å². The second-order valence-corrected chi connectivity index (χ2v) is 6.57. The van der Waals surface area contributed by atoms with Gasteiger partial charge < -0.3 is 4.57 Å². The molecule has 0 atom stereocenters. The van der Waals surface area contributed by atoms with Gasteiger partial charge in [-0.3, -0.25) is 0 Å². The lowest BCUT2D eigenvalue weighted by atomic mass is 10.2. The van der Waals surface area contributed by atoms with Crippen LogP contribution in [0.3, 0.4) is 0 Å².